The Morgan fingerprint density at radius 2 is 2.16 bits per heavy atom. The Hall–Kier alpha value is -2.41. The lowest BCUT2D eigenvalue weighted by Crippen LogP contribution is -2.43. The van der Waals surface area contributed by atoms with Crippen LogP contribution in [-0.4, -0.2) is 33.9 Å². The molecule has 1 atom stereocenters. The van der Waals surface area contributed by atoms with E-state index in [1.165, 1.54) is 17.4 Å². The lowest BCUT2D eigenvalue weighted by molar-refractivity contribution is -0.119. The van der Waals surface area contributed by atoms with Gasteiger partial charge in [0.15, 0.2) is 0 Å². The van der Waals surface area contributed by atoms with Gasteiger partial charge in [-0.1, -0.05) is 13.0 Å². The van der Waals surface area contributed by atoms with Crippen LogP contribution in [0.3, 0.4) is 0 Å². The maximum Gasteiger partial charge on any atom is 0.264 e. The average molecular weight is 359 g/mol. The zero-order chi connectivity index (χ0) is 17.8. The number of hydrogen-bond donors (Lipinski definition) is 1. The van der Waals surface area contributed by atoms with Crippen LogP contribution in [0.5, 0.6) is 0 Å². The summed E-state index contributed by atoms with van der Waals surface area (Å²) in [5, 5.41) is 4.71. The minimum absolute atomic E-state index is 0.0878. The standard InChI is InChI=1S/C18H21N3O3S/c1-2-9-20-12-13(7-8-16(20)22)19-17(23)14-5-3-10-21(14)18(24)15-6-4-11-25-15/h4,6-8,11-12,14H,2-3,5,9-10H2,1H3,(H,19,23). The molecule has 2 aromatic heterocycles. The monoisotopic (exact) mass is 359 g/mol. The van der Waals surface area contributed by atoms with Crippen LogP contribution in [0.4, 0.5) is 5.69 Å². The smallest absolute Gasteiger partial charge is 0.264 e. The summed E-state index contributed by atoms with van der Waals surface area (Å²) in [6.45, 7) is 3.18. The first-order chi connectivity index (χ1) is 12.1. The molecule has 0 radical (unpaired) electrons. The van der Waals surface area contributed by atoms with Gasteiger partial charge in [0, 0.05) is 25.4 Å². The van der Waals surface area contributed by atoms with E-state index in [1.807, 2.05) is 18.4 Å². The molecular formula is C18H21N3O3S. The molecule has 2 aromatic rings. The average Bonchev–Trinajstić information content (AvgIpc) is 3.29. The molecule has 0 aliphatic carbocycles. The van der Waals surface area contributed by atoms with E-state index in [-0.39, 0.29) is 17.4 Å². The van der Waals surface area contributed by atoms with Crippen molar-refractivity contribution < 1.29 is 9.59 Å². The number of likely N-dealkylation sites (tertiary alicyclic amines) is 1. The van der Waals surface area contributed by atoms with Gasteiger partial charge in [-0.05, 0) is 36.8 Å². The zero-order valence-corrected chi connectivity index (χ0v) is 14.9. The van der Waals surface area contributed by atoms with Gasteiger partial charge in [-0.3, -0.25) is 14.4 Å². The van der Waals surface area contributed by atoms with Gasteiger partial charge in [-0.15, -0.1) is 11.3 Å². The highest BCUT2D eigenvalue weighted by Gasteiger charge is 2.34. The van der Waals surface area contributed by atoms with E-state index in [0.717, 1.165) is 12.8 Å². The summed E-state index contributed by atoms with van der Waals surface area (Å²) in [4.78, 5) is 39.3. The van der Waals surface area contributed by atoms with Crippen LogP contribution in [0.1, 0.15) is 35.9 Å². The molecular weight excluding hydrogens is 338 g/mol. The van der Waals surface area contributed by atoms with Gasteiger partial charge in [-0.2, -0.15) is 0 Å². The molecule has 6 nitrogen and oxygen atoms in total. The highest BCUT2D eigenvalue weighted by molar-refractivity contribution is 7.12. The summed E-state index contributed by atoms with van der Waals surface area (Å²) in [6, 6.07) is 6.20. The largest absolute Gasteiger partial charge is 0.326 e. The Bertz CT molecular complexity index is 813. The molecule has 0 aromatic carbocycles. The molecule has 25 heavy (non-hydrogen) atoms. The molecule has 1 aliphatic heterocycles. The first-order valence-electron chi connectivity index (χ1n) is 8.46. The number of aromatic nitrogens is 1. The SMILES string of the molecule is CCCn1cc(NC(=O)C2CCCN2C(=O)c2cccs2)ccc1=O. The number of carbonyl (C=O) groups excluding carboxylic acids is 2. The number of carbonyl (C=O) groups is 2. The first-order valence-corrected chi connectivity index (χ1v) is 9.34. The number of pyridine rings is 1. The van der Waals surface area contributed by atoms with E-state index in [9.17, 15) is 14.4 Å². The van der Waals surface area contributed by atoms with Crippen molar-refractivity contribution in [1.82, 2.24) is 9.47 Å². The highest BCUT2D eigenvalue weighted by Crippen LogP contribution is 2.23. The van der Waals surface area contributed by atoms with E-state index in [4.69, 9.17) is 0 Å². The van der Waals surface area contributed by atoms with E-state index in [2.05, 4.69) is 5.32 Å². The van der Waals surface area contributed by atoms with Gasteiger partial charge in [0.2, 0.25) is 5.91 Å². The van der Waals surface area contributed by atoms with Crippen molar-refractivity contribution in [3.63, 3.8) is 0 Å². The highest BCUT2D eigenvalue weighted by atomic mass is 32.1. The molecule has 1 aliphatic rings. The third kappa shape index (κ3) is 3.82. The van der Waals surface area contributed by atoms with Gasteiger partial charge in [0.05, 0.1) is 10.6 Å². The van der Waals surface area contributed by atoms with Crippen molar-refractivity contribution in [3.05, 3.63) is 51.1 Å². The predicted molar refractivity (Wildman–Crippen MR) is 98.0 cm³/mol. The lowest BCUT2D eigenvalue weighted by atomic mass is 10.2. The van der Waals surface area contributed by atoms with Crippen molar-refractivity contribution in [1.29, 1.82) is 0 Å². The Kier molecular flexibility index (Phi) is 5.33. The molecule has 2 amide bonds. The summed E-state index contributed by atoms with van der Waals surface area (Å²) < 4.78 is 1.58. The van der Waals surface area contributed by atoms with Gasteiger partial charge >= 0.3 is 0 Å². The molecule has 0 spiro atoms. The maximum absolute atomic E-state index is 12.7. The van der Waals surface area contributed by atoms with E-state index in [1.54, 1.807) is 27.8 Å². The molecule has 1 N–H and O–H groups in total. The molecule has 7 heteroatoms. The Morgan fingerprint density at radius 1 is 1.32 bits per heavy atom. The fourth-order valence-corrected chi connectivity index (χ4v) is 3.75. The molecule has 0 bridgehead atoms. The van der Waals surface area contributed by atoms with Gasteiger partial charge in [0.1, 0.15) is 6.04 Å². The van der Waals surface area contributed by atoms with E-state index in [0.29, 0.717) is 30.1 Å². The van der Waals surface area contributed by atoms with Crippen LogP contribution in [0, 0.1) is 0 Å². The minimum atomic E-state index is -0.471. The van der Waals surface area contributed by atoms with Crippen molar-refractivity contribution in [3.8, 4) is 0 Å². The van der Waals surface area contributed by atoms with Gasteiger partial charge < -0.3 is 14.8 Å². The number of thiophene rings is 1. The number of nitrogens with one attached hydrogen (secondary N) is 1. The fraction of sp³-hybridized carbons (Fsp3) is 0.389. The lowest BCUT2D eigenvalue weighted by Gasteiger charge is -2.23. The van der Waals surface area contributed by atoms with E-state index >= 15 is 0 Å². The maximum atomic E-state index is 12.7. The summed E-state index contributed by atoms with van der Waals surface area (Å²) >= 11 is 1.38. The summed E-state index contributed by atoms with van der Waals surface area (Å²) in [6.07, 6.45) is 3.95. The topological polar surface area (TPSA) is 71.4 Å². The van der Waals surface area contributed by atoms with Gasteiger partial charge in [0.25, 0.3) is 11.5 Å². The first kappa shape index (κ1) is 17.4. The van der Waals surface area contributed by atoms with Crippen LogP contribution in [0.2, 0.25) is 0 Å². The van der Waals surface area contributed by atoms with Crippen molar-refractivity contribution in [2.75, 3.05) is 11.9 Å². The van der Waals surface area contributed by atoms with Crippen LogP contribution in [-0.2, 0) is 11.3 Å². The molecule has 132 valence electrons. The Morgan fingerprint density at radius 3 is 2.88 bits per heavy atom. The third-order valence-electron chi connectivity index (χ3n) is 4.26. The Balaban J connectivity index is 1.73. The third-order valence-corrected chi connectivity index (χ3v) is 5.12. The second kappa shape index (κ2) is 7.65. The second-order valence-electron chi connectivity index (χ2n) is 6.07. The normalized spacial score (nSPS) is 16.8. The summed E-state index contributed by atoms with van der Waals surface area (Å²) in [5.74, 6) is -0.298. The summed E-state index contributed by atoms with van der Waals surface area (Å²) in [5.41, 5.74) is 0.490. The number of anilines is 1. The zero-order valence-electron chi connectivity index (χ0n) is 14.1. The molecule has 0 saturated carbocycles. The quantitative estimate of drug-likeness (QED) is 0.892. The van der Waals surface area contributed by atoms with Crippen LogP contribution < -0.4 is 10.9 Å². The number of nitrogens with zero attached hydrogens (tertiary/aromatic N) is 2. The minimum Gasteiger partial charge on any atom is -0.326 e. The van der Waals surface area contributed by atoms with Crippen molar-refractivity contribution in [2.24, 2.45) is 0 Å². The van der Waals surface area contributed by atoms with Crippen LogP contribution in [0.15, 0.2) is 40.6 Å². The molecule has 3 rings (SSSR count). The Labute approximate surface area is 150 Å². The number of aryl methyl sites for hydroxylation is 1. The number of amides is 2. The molecule has 1 fully saturated rings. The van der Waals surface area contributed by atoms with Crippen molar-refractivity contribution in [2.45, 2.75) is 38.8 Å². The fourth-order valence-electron chi connectivity index (χ4n) is 3.07. The summed E-state index contributed by atoms with van der Waals surface area (Å²) in [7, 11) is 0. The van der Waals surface area contributed by atoms with E-state index < -0.39 is 6.04 Å². The predicted octanol–water partition coefficient (Wildman–Crippen LogP) is 2.56. The molecule has 3 heterocycles. The number of rotatable bonds is 5. The van der Waals surface area contributed by atoms with Gasteiger partial charge in [-0.25, -0.2) is 0 Å². The number of hydrogen-bond acceptors (Lipinski definition) is 4. The molecule has 1 saturated heterocycles. The molecule has 1 unspecified atom stereocenters. The van der Waals surface area contributed by atoms with Crippen LogP contribution in [0.25, 0.3) is 0 Å². The van der Waals surface area contributed by atoms with Crippen molar-refractivity contribution >= 4 is 28.8 Å². The van der Waals surface area contributed by atoms with Crippen LogP contribution >= 0.6 is 11.3 Å². The second-order valence-corrected chi connectivity index (χ2v) is 7.02.